The third-order valence-electron chi connectivity index (χ3n) is 3.74. The molecule has 0 aliphatic heterocycles. The number of halogens is 1. The van der Waals surface area contributed by atoms with E-state index < -0.39 is 0 Å². The third kappa shape index (κ3) is 4.29. The highest BCUT2D eigenvalue weighted by atomic mass is 79.9. The van der Waals surface area contributed by atoms with Crippen molar-refractivity contribution in [3.05, 3.63) is 28.7 Å². The van der Waals surface area contributed by atoms with Gasteiger partial charge < -0.3 is 11.1 Å². The Morgan fingerprint density at radius 2 is 2.11 bits per heavy atom. The molecule has 102 valence electrons. The minimum Gasteiger partial charge on any atom is -0.378 e. The lowest BCUT2D eigenvalue weighted by molar-refractivity contribution is 0.346. The Bertz CT molecular complexity index is 361. The normalized spacial score (nSPS) is 16.1. The summed E-state index contributed by atoms with van der Waals surface area (Å²) in [7, 11) is 0. The number of nitrogens with one attached hydrogen (secondary N) is 1. The summed E-state index contributed by atoms with van der Waals surface area (Å²) >= 11 is 3.51. The maximum Gasteiger partial charge on any atom is 0.0495 e. The molecule has 3 N–H and O–H groups in total. The second-order valence-corrected chi connectivity index (χ2v) is 6.11. The molecule has 2 nitrogen and oxygen atoms in total. The van der Waals surface area contributed by atoms with E-state index in [1.807, 2.05) is 12.1 Å². The Morgan fingerprint density at radius 1 is 1.39 bits per heavy atom. The van der Waals surface area contributed by atoms with E-state index in [0.717, 1.165) is 23.0 Å². The molecule has 0 fully saturated rings. The Balaban J connectivity index is 2.84. The molecule has 1 aromatic carbocycles. The van der Waals surface area contributed by atoms with E-state index in [1.165, 1.54) is 6.42 Å². The maximum absolute atomic E-state index is 6.03. The summed E-state index contributed by atoms with van der Waals surface area (Å²) in [4.78, 5) is 0. The van der Waals surface area contributed by atoms with Crippen molar-refractivity contribution >= 4 is 21.6 Å². The van der Waals surface area contributed by atoms with E-state index in [0.29, 0.717) is 12.5 Å². The van der Waals surface area contributed by atoms with Gasteiger partial charge in [0.15, 0.2) is 0 Å². The topological polar surface area (TPSA) is 38.0 Å². The van der Waals surface area contributed by atoms with E-state index in [4.69, 9.17) is 5.73 Å². The highest BCUT2D eigenvalue weighted by Gasteiger charge is 2.28. The Hall–Kier alpha value is -0.540. The van der Waals surface area contributed by atoms with Crippen LogP contribution in [0.2, 0.25) is 0 Å². The van der Waals surface area contributed by atoms with Gasteiger partial charge in [-0.25, -0.2) is 0 Å². The van der Waals surface area contributed by atoms with Gasteiger partial charge in [-0.1, -0.05) is 49.2 Å². The second kappa shape index (κ2) is 7.15. The average Bonchev–Trinajstić information content (AvgIpc) is 2.37. The molecule has 0 bridgehead atoms. The largest absolute Gasteiger partial charge is 0.378 e. The number of benzene rings is 1. The van der Waals surface area contributed by atoms with Crippen LogP contribution in [0.15, 0.2) is 28.7 Å². The first-order valence-electron chi connectivity index (χ1n) is 6.79. The van der Waals surface area contributed by atoms with Gasteiger partial charge in [0.05, 0.1) is 0 Å². The molecule has 0 saturated carbocycles. The zero-order chi connectivity index (χ0) is 13.6. The SMILES string of the molecule is CCC(C)CC(CC)(CN)Nc1cccc(Br)c1. The van der Waals surface area contributed by atoms with Crippen LogP contribution in [0.1, 0.15) is 40.0 Å². The Morgan fingerprint density at radius 3 is 2.61 bits per heavy atom. The molecule has 1 aromatic rings. The summed E-state index contributed by atoms with van der Waals surface area (Å²) in [6.45, 7) is 7.41. The first kappa shape index (κ1) is 15.5. The van der Waals surface area contributed by atoms with E-state index in [9.17, 15) is 0 Å². The summed E-state index contributed by atoms with van der Waals surface area (Å²) in [5.74, 6) is 0.688. The van der Waals surface area contributed by atoms with Crippen LogP contribution < -0.4 is 11.1 Å². The molecular formula is C15H25BrN2. The van der Waals surface area contributed by atoms with Crippen LogP contribution >= 0.6 is 15.9 Å². The lowest BCUT2D eigenvalue weighted by Crippen LogP contribution is -2.46. The van der Waals surface area contributed by atoms with Crippen molar-refractivity contribution in [2.75, 3.05) is 11.9 Å². The molecule has 1 rings (SSSR count). The number of rotatable bonds is 7. The van der Waals surface area contributed by atoms with E-state index in [1.54, 1.807) is 0 Å². The molecule has 0 aromatic heterocycles. The van der Waals surface area contributed by atoms with E-state index >= 15 is 0 Å². The lowest BCUT2D eigenvalue weighted by atomic mass is 9.84. The van der Waals surface area contributed by atoms with Crippen molar-refractivity contribution in [2.45, 2.75) is 45.6 Å². The van der Waals surface area contributed by atoms with Crippen LogP contribution in [0, 0.1) is 5.92 Å². The van der Waals surface area contributed by atoms with Crippen LogP contribution in [0.5, 0.6) is 0 Å². The molecule has 0 spiro atoms. The molecular weight excluding hydrogens is 288 g/mol. The number of anilines is 1. The van der Waals surface area contributed by atoms with Crippen LogP contribution in [0.3, 0.4) is 0 Å². The smallest absolute Gasteiger partial charge is 0.0495 e. The quantitative estimate of drug-likeness (QED) is 0.783. The number of hydrogen-bond acceptors (Lipinski definition) is 2. The van der Waals surface area contributed by atoms with Gasteiger partial charge in [-0.15, -0.1) is 0 Å². The lowest BCUT2D eigenvalue weighted by Gasteiger charge is -2.36. The Kier molecular flexibility index (Phi) is 6.16. The monoisotopic (exact) mass is 312 g/mol. The molecule has 0 saturated heterocycles. The van der Waals surface area contributed by atoms with Gasteiger partial charge in [0.25, 0.3) is 0 Å². The minimum atomic E-state index is 0.0101. The van der Waals surface area contributed by atoms with Crippen molar-refractivity contribution in [2.24, 2.45) is 11.7 Å². The fraction of sp³-hybridized carbons (Fsp3) is 0.600. The fourth-order valence-corrected chi connectivity index (χ4v) is 2.65. The molecule has 2 atom stereocenters. The predicted octanol–water partition coefficient (Wildman–Crippen LogP) is 4.40. The van der Waals surface area contributed by atoms with E-state index in [2.05, 4.69) is 54.2 Å². The highest BCUT2D eigenvalue weighted by Crippen LogP contribution is 2.27. The minimum absolute atomic E-state index is 0.0101. The van der Waals surface area contributed by atoms with Gasteiger partial charge in [0, 0.05) is 22.2 Å². The molecule has 2 unspecified atom stereocenters. The average molecular weight is 313 g/mol. The molecule has 0 radical (unpaired) electrons. The van der Waals surface area contributed by atoms with Crippen LogP contribution in [-0.2, 0) is 0 Å². The first-order chi connectivity index (χ1) is 8.55. The van der Waals surface area contributed by atoms with Crippen molar-refractivity contribution < 1.29 is 0 Å². The second-order valence-electron chi connectivity index (χ2n) is 5.19. The van der Waals surface area contributed by atoms with Crippen LogP contribution in [-0.4, -0.2) is 12.1 Å². The van der Waals surface area contributed by atoms with Crippen molar-refractivity contribution in [3.8, 4) is 0 Å². The summed E-state index contributed by atoms with van der Waals surface area (Å²) < 4.78 is 1.10. The zero-order valence-electron chi connectivity index (χ0n) is 11.7. The maximum atomic E-state index is 6.03. The summed E-state index contributed by atoms with van der Waals surface area (Å²) in [6.07, 6.45) is 3.35. The van der Waals surface area contributed by atoms with Gasteiger partial charge >= 0.3 is 0 Å². The van der Waals surface area contributed by atoms with Crippen molar-refractivity contribution in [1.82, 2.24) is 0 Å². The summed E-state index contributed by atoms with van der Waals surface area (Å²) in [5, 5.41) is 3.64. The molecule has 0 heterocycles. The standard InChI is InChI=1S/C15H25BrN2/c1-4-12(3)10-15(5-2,11-17)18-14-8-6-7-13(16)9-14/h6-9,12,18H,4-5,10-11,17H2,1-3H3. The van der Waals surface area contributed by atoms with Crippen LogP contribution in [0.25, 0.3) is 0 Å². The highest BCUT2D eigenvalue weighted by molar-refractivity contribution is 9.10. The zero-order valence-corrected chi connectivity index (χ0v) is 13.3. The van der Waals surface area contributed by atoms with Gasteiger partial charge in [0.1, 0.15) is 0 Å². The first-order valence-corrected chi connectivity index (χ1v) is 7.58. The van der Waals surface area contributed by atoms with Crippen molar-refractivity contribution in [1.29, 1.82) is 0 Å². The summed E-state index contributed by atoms with van der Waals surface area (Å²) in [5.41, 5.74) is 7.18. The fourth-order valence-electron chi connectivity index (χ4n) is 2.25. The number of hydrogen-bond donors (Lipinski definition) is 2. The summed E-state index contributed by atoms with van der Waals surface area (Å²) in [6, 6.07) is 8.29. The molecule has 18 heavy (non-hydrogen) atoms. The Labute approximate surface area is 119 Å². The van der Waals surface area contributed by atoms with E-state index in [-0.39, 0.29) is 5.54 Å². The predicted molar refractivity (Wildman–Crippen MR) is 83.9 cm³/mol. The number of nitrogens with two attached hydrogens (primary N) is 1. The molecule has 0 amide bonds. The van der Waals surface area contributed by atoms with Gasteiger partial charge in [-0.05, 0) is 37.0 Å². The molecule has 3 heteroatoms. The van der Waals surface area contributed by atoms with Gasteiger partial charge in [0.2, 0.25) is 0 Å². The van der Waals surface area contributed by atoms with Gasteiger partial charge in [-0.3, -0.25) is 0 Å². The van der Waals surface area contributed by atoms with Gasteiger partial charge in [-0.2, -0.15) is 0 Å². The van der Waals surface area contributed by atoms with Crippen molar-refractivity contribution in [3.63, 3.8) is 0 Å². The molecule has 0 aliphatic carbocycles. The van der Waals surface area contributed by atoms with Crippen LogP contribution in [0.4, 0.5) is 5.69 Å². The molecule has 0 aliphatic rings. The third-order valence-corrected chi connectivity index (χ3v) is 4.23.